The predicted molar refractivity (Wildman–Crippen MR) is 63.8 cm³/mol. The Labute approximate surface area is 105 Å². The van der Waals surface area contributed by atoms with E-state index in [9.17, 15) is 19.5 Å². The fourth-order valence-corrected chi connectivity index (χ4v) is 2.45. The molecule has 102 valence electrons. The molecule has 2 atom stereocenters. The molecule has 2 unspecified atom stereocenters. The summed E-state index contributed by atoms with van der Waals surface area (Å²) in [6.07, 6.45) is 1.43. The first-order valence-corrected chi connectivity index (χ1v) is 5.96. The van der Waals surface area contributed by atoms with Crippen molar-refractivity contribution in [3.05, 3.63) is 0 Å². The van der Waals surface area contributed by atoms with Crippen molar-refractivity contribution in [1.29, 1.82) is 0 Å². The highest BCUT2D eigenvalue weighted by atomic mass is 16.4. The second-order valence-electron chi connectivity index (χ2n) is 4.51. The van der Waals surface area contributed by atoms with Crippen LogP contribution in [0.25, 0.3) is 0 Å². The summed E-state index contributed by atoms with van der Waals surface area (Å²) in [6, 6.07) is -1.61. The number of carboxylic acid groups (broad SMARTS) is 1. The van der Waals surface area contributed by atoms with Crippen molar-refractivity contribution in [2.45, 2.75) is 44.7 Å². The molecule has 7 heteroatoms. The molecule has 0 radical (unpaired) electrons. The molecule has 7 nitrogen and oxygen atoms in total. The largest absolute Gasteiger partial charge is 0.479 e. The summed E-state index contributed by atoms with van der Waals surface area (Å²) in [4.78, 5) is 35.6. The standard InChI is InChI=1S/C11H19N3O4/c1-3-11(9(16)17)5-4-6-14(11)8(15)7(2)13-10(12)18/h7H,3-6H2,1-2H3,(H,16,17)(H3,12,13,18). The minimum absolute atomic E-state index is 0.345. The van der Waals surface area contributed by atoms with E-state index in [1.807, 2.05) is 0 Å². The van der Waals surface area contributed by atoms with E-state index < -0.39 is 29.5 Å². The molecule has 18 heavy (non-hydrogen) atoms. The van der Waals surface area contributed by atoms with Crippen LogP contribution >= 0.6 is 0 Å². The number of primary amides is 1. The summed E-state index contributed by atoms with van der Waals surface area (Å²) >= 11 is 0. The molecule has 1 rings (SSSR count). The number of nitrogens with zero attached hydrogens (tertiary/aromatic N) is 1. The number of aliphatic carboxylic acids is 1. The lowest BCUT2D eigenvalue weighted by atomic mass is 9.92. The lowest BCUT2D eigenvalue weighted by Crippen LogP contribution is -2.58. The topological polar surface area (TPSA) is 113 Å². The van der Waals surface area contributed by atoms with Crippen molar-refractivity contribution < 1.29 is 19.5 Å². The number of rotatable bonds is 4. The maximum atomic E-state index is 12.2. The van der Waals surface area contributed by atoms with Crippen LogP contribution in [-0.2, 0) is 9.59 Å². The number of likely N-dealkylation sites (tertiary alicyclic amines) is 1. The van der Waals surface area contributed by atoms with Crippen LogP contribution in [0.15, 0.2) is 0 Å². The molecule has 0 aromatic carbocycles. The number of nitrogens with one attached hydrogen (secondary N) is 1. The van der Waals surface area contributed by atoms with Crippen molar-refractivity contribution >= 4 is 17.9 Å². The van der Waals surface area contributed by atoms with Crippen LogP contribution in [0, 0.1) is 0 Å². The molecule has 0 aromatic heterocycles. The lowest BCUT2D eigenvalue weighted by Gasteiger charge is -2.35. The minimum atomic E-state index is -1.15. The number of hydrogen-bond donors (Lipinski definition) is 3. The molecule has 0 aromatic rings. The van der Waals surface area contributed by atoms with Crippen LogP contribution in [0.3, 0.4) is 0 Å². The van der Waals surface area contributed by atoms with Crippen molar-refractivity contribution in [3.63, 3.8) is 0 Å². The van der Waals surface area contributed by atoms with Gasteiger partial charge in [-0.2, -0.15) is 0 Å². The molecule has 1 aliphatic rings. The number of carboxylic acids is 1. The number of nitrogens with two attached hydrogens (primary N) is 1. The Bertz CT molecular complexity index is 371. The number of urea groups is 1. The van der Waals surface area contributed by atoms with E-state index in [4.69, 9.17) is 5.73 Å². The Kier molecular flexibility index (Phi) is 4.15. The molecular weight excluding hydrogens is 238 g/mol. The zero-order chi connectivity index (χ0) is 13.9. The van der Waals surface area contributed by atoms with E-state index in [1.54, 1.807) is 6.92 Å². The number of carbonyl (C=O) groups excluding carboxylic acids is 2. The van der Waals surface area contributed by atoms with Crippen molar-refractivity contribution in [1.82, 2.24) is 10.2 Å². The number of hydrogen-bond acceptors (Lipinski definition) is 3. The fourth-order valence-electron chi connectivity index (χ4n) is 2.45. The normalized spacial score (nSPS) is 24.7. The summed E-state index contributed by atoms with van der Waals surface area (Å²) in [5.41, 5.74) is 3.80. The molecule has 0 aliphatic carbocycles. The van der Waals surface area contributed by atoms with Gasteiger partial charge >= 0.3 is 12.0 Å². The Morgan fingerprint density at radius 2 is 2.11 bits per heavy atom. The Balaban J connectivity index is 2.90. The van der Waals surface area contributed by atoms with Gasteiger partial charge in [-0.3, -0.25) is 4.79 Å². The zero-order valence-corrected chi connectivity index (χ0v) is 10.6. The van der Waals surface area contributed by atoms with Gasteiger partial charge in [0.2, 0.25) is 5.91 Å². The van der Waals surface area contributed by atoms with E-state index >= 15 is 0 Å². The molecule has 1 heterocycles. The first-order chi connectivity index (χ1) is 8.35. The van der Waals surface area contributed by atoms with Gasteiger partial charge in [-0.05, 0) is 26.2 Å². The van der Waals surface area contributed by atoms with Crippen LogP contribution in [0.4, 0.5) is 4.79 Å². The highest BCUT2D eigenvalue weighted by molar-refractivity contribution is 5.92. The van der Waals surface area contributed by atoms with E-state index in [0.29, 0.717) is 25.8 Å². The Morgan fingerprint density at radius 3 is 2.56 bits per heavy atom. The van der Waals surface area contributed by atoms with Gasteiger partial charge in [0.1, 0.15) is 11.6 Å². The third-order valence-electron chi connectivity index (χ3n) is 3.47. The first-order valence-electron chi connectivity index (χ1n) is 5.96. The minimum Gasteiger partial charge on any atom is -0.479 e. The third-order valence-corrected chi connectivity index (χ3v) is 3.47. The van der Waals surface area contributed by atoms with Gasteiger partial charge in [0.05, 0.1) is 0 Å². The van der Waals surface area contributed by atoms with Crippen molar-refractivity contribution in [3.8, 4) is 0 Å². The Morgan fingerprint density at radius 1 is 1.50 bits per heavy atom. The van der Waals surface area contributed by atoms with Crippen LogP contribution in [0.5, 0.6) is 0 Å². The van der Waals surface area contributed by atoms with Crippen LogP contribution < -0.4 is 11.1 Å². The third kappa shape index (κ3) is 2.39. The van der Waals surface area contributed by atoms with Gasteiger partial charge in [0.25, 0.3) is 0 Å². The molecule has 0 bridgehead atoms. The SMILES string of the molecule is CCC1(C(=O)O)CCCN1C(=O)C(C)NC(N)=O. The van der Waals surface area contributed by atoms with E-state index in [-0.39, 0.29) is 0 Å². The average Bonchev–Trinajstić information content (AvgIpc) is 2.71. The van der Waals surface area contributed by atoms with Gasteiger partial charge in [-0.15, -0.1) is 0 Å². The second kappa shape index (κ2) is 5.24. The maximum Gasteiger partial charge on any atom is 0.329 e. The quantitative estimate of drug-likeness (QED) is 0.652. The van der Waals surface area contributed by atoms with E-state index in [2.05, 4.69) is 5.32 Å². The molecule has 1 aliphatic heterocycles. The number of carbonyl (C=O) groups is 3. The summed E-state index contributed by atoms with van der Waals surface area (Å²) in [5, 5.41) is 11.6. The van der Waals surface area contributed by atoms with Gasteiger partial charge < -0.3 is 21.1 Å². The zero-order valence-electron chi connectivity index (χ0n) is 10.6. The first kappa shape index (κ1) is 14.3. The van der Waals surface area contributed by atoms with Gasteiger partial charge in [-0.1, -0.05) is 6.92 Å². The van der Waals surface area contributed by atoms with Crippen LogP contribution in [0.1, 0.15) is 33.1 Å². The molecule has 3 amide bonds. The predicted octanol–water partition coefficient (Wildman–Crippen LogP) is -0.101. The molecule has 4 N–H and O–H groups in total. The van der Waals surface area contributed by atoms with Crippen LogP contribution in [0.2, 0.25) is 0 Å². The van der Waals surface area contributed by atoms with Crippen molar-refractivity contribution in [2.75, 3.05) is 6.54 Å². The Hall–Kier alpha value is -1.79. The molecule has 1 saturated heterocycles. The molecule has 0 saturated carbocycles. The van der Waals surface area contributed by atoms with Gasteiger partial charge in [0, 0.05) is 6.54 Å². The van der Waals surface area contributed by atoms with Gasteiger partial charge in [0.15, 0.2) is 0 Å². The van der Waals surface area contributed by atoms with Crippen molar-refractivity contribution in [2.24, 2.45) is 5.73 Å². The average molecular weight is 257 g/mol. The van der Waals surface area contributed by atoms with E-state index in [0.717, 1.165) is 0 Å². The van der Waals surface area contributed by atoms with E-state index in [1.165, 1.54) is 11.8 Å². The molecular formula is C11H19N3O4. The second-order valence-corrected chi connectivity index (χ2v) is 4.51. The maximum absolute atomic E-state index is 12.2. The smallest absolute Gasteiger partial charge is 0.329 e. The fraction of sp³-hybridized carbons (Fsp3) is 0.727. The highest BCUT2D eigenvalue weighted by Gasteiger charge is 2.49. The molecule has 0 spiro atoms. The highest BCUT2D eigenvalue weighted by Crippen LogP contribution is 2.33. The summed E-state index contributed by atoms with van der Waals surface area (Å²) < 4.78 is 0. The summed E-state index contributed by atoms with van der Waals surface area (Å²) in [7, 11) is 0. The van der Waals surface area contributed by atoms with Gasteiger partial charge in [-0.25, -0.2) is 9.59 Å². The summed E-state index contributed by atoms with van der Waals surface area (Å²) in [5.74, 6) is -1.40. The monoisotopic (exact) mass is 257 g/mol. The number of amides is 3. The summed E-state index contributed by atoms with van der Waals surface area (Å²) in [6.45, 7) is 3.63. The van der Waals surface area contributed by atoms with Crippen LogP contribution in [-0.4, -0.2) is 46.0 Å². The molecule has 1 fully saturated rings. The lowest BCUT2D eigenvalue weighted by molar-refractivity contribution is -0.157.